The van der Waals surface area contributed by atoms with Crippen LogP contribution in [0, 0.1) is 5.82 Å². The number of nitrogens with zero attached hydrogens (tertiary/aromatic N) is 2. The van der Waals surface area contributed by atoms with Gasteiger partial charge in [0.05, 0.1) is 5.56 Å². The number of carbonyl (C=O) groups is 2. The van der Waals surface area contributed by atoms with Gasteiger partial charge in [-0.1, -0.05) is 12.1 Å². The first-order valence-electron chi connectivity index (χ1n) is 9.25. The van der Waals surface area contributed by atoms with Gasteiger partial charge in [0.15, 0.2) is 5.69 Å². The van der Waals surface area contributed by atoms with Gasteiger partial charge in [-0.15, -0.1) is 0 Å². The number of nitrogens with one attached hydrogen (secondary N) is 3. The van der Waals surface area contributed by atoms with E-state index in [4.69, 9.17) is 0 Å². The second-order valence-electron chi connectivity index (χ2n) is 6.98. The third-order valence-electron chi connectivity index (χ3n) is 5.24. The number of carbonyl (C=O) groups excluding carboxylic acids is 2. The van der Waals surface area contributed by atoms with Gasteiger partial charge < -0.3 is 15.5 Å². The molecule has 1 saturated heterocycles. The zero-order valence-corrected chi connectivity index (χ0v) is 14.9. The van der Waals surface area contributed by atoms with Crippen LogP contribution in [0.2, 0.25) is 0 Å². The first kappa shape index (κ1) is 17.7. The maximum atomic E-state index is 13.8. The standard InChI is InChI=1S/C19H22FN5O2/c20-15-4-2-1-3-13(15)19(27)25-9-6-12(7-10-25)22-18(26)17-14-11-21-8-5-16(14)23-24-17/h1-4,12,21H,5-11H2,(H,22,26)(H,23,24). The van der Waals surface area contributed by atoms with Gasteiger partial charge in [-0.3, -0.25) is 14.7 Å². The molecule has 2 aliphatic rings. The molecular formula is C19H22FN5O2. The first-order chi connectivity index (χ1) is 13.1. The Morgan fingerprint density at radius 3 is 2.78 bits per heavy atom. The maximum absolute atomic E-state index is 13.8. The number of aromatic amines is 1. The van der Waals surface area contributed by atoms with E-state index in [1.807, 2.05) is 0 Å². The van der Waals surface area contributed by atoms with E-state index in [-0.39, 0.29) is 23.4 Å². The topological polar surface area (TPSA) is 90.1 Å². The molecule has 0 saturated carbocycles. The molecule has 27 heavy (non-hydrogen) atoms. The lowest BCUT2D eigenvalue weighted by Gasteiger charge is -2.32. The Hall–Kier alpha value is -2.74. The van der Waals surface area contributed by atoms with E-state index in [0.29, 0.717) is 38.2 Å². The molecule has 3 N–H and O–H groups in total. The van der Waals surface area contributed by atoms with Crippen LogP contribution in [0.3, 0.4) is 0 Å². The molecule has 0 spiro atoms. The molecule has 0 aliphatic carbocycles. The summed E-state index contributed by atoms with van der Waals surface area (Å²) in [5, 5.41) is 13.4. The summed E-state index contributed by atoms with van der Waals surface area (Å²) in [5.74, 6) is -0.991. The minimum atomic E-state index is -0.505. The summed E-state index contributed by atoms with van der Waals surface area (Å²) >= 11 is 0. The molecule has 0 unspecified atom stereocenters. The van der Waals surface area contributed by atoms with Gasteiger partial charge in [0.1, 0.15) is 5.82 Å². The highest BCUT2D eigenvalue weighted by molar-refractivity contribution is 5.95. The quantitative estimate of drug-likeness (QED) is 0.757. The average molecular weight is 371 g/mol. The smallest absolute Gasteiger partial charge is 0.272 e. The predicted octanol–water partition coefficient (Wildman–Crippen LogP) is 1.23. The van der Waals surface area contributed by atoms with Gasteiger partial charge in [0.2, 0.25) is 0 Å². The van der Waals surface area contributed by atoms with Crippen LogP contribution < -0.4 is 10.6 Å². The normalized spacial score (nSPS) is 17.4. The fourth-order valence-corrected chi connectivity index (χ4v) is 3.70. The van der Waals surface area contributed by atoms with Crippen molar-refractivity contribution >= 4 is 11.8 Å². The van der Waals surface area contributed by atoms with Crippen molar-refractivity contribution < 1.29 is 14.0 Å². The number of fused-ring (bicyclic) bond motifs is 1. The second-order valence-corrected chi connectivity index (χ2v) is 6.98. The molecule has 0 bridgehead atoms. The lowest BCUT2D eigenvalue weighted by atomic mass is 10.0. The molecule has 2 amide bonds. The molecule has 3 heterocycles. The molecule has 1 aromatic heterocycles. The van der Waals surface area contributed by atoms with Crippen molar-refractivity contribution in [2.75, 3.05) is 19.6 Å². The van der Waals surface area contributed by atoms with Crippen LogP contribution in [0.15, 0.2) is 24.3 Å². The number of hydrogen-bond donors (Lipinski definition) is 3. The Morgan fingerprint density at radius 2 is 2.00 bits per heavy atom. The van der Waals surface area contributed by atoms with Gasteiger partial charge in [-0.25, -0.2) is 4.39 Å². The number of aromatic nitrogens is 2. The Balaban J connectivity index is 1.34. The van der Waals surface area contributed by atoms with Gasteiger partial charge in [0.25, 0.3) is 11.8 Å². The van der Waals surface area contributed by atoms with Crippen molar-refractivity contribution in [2.24, 2.45) is 0 Å². The fourth-order valence-electron chi connectivity index (χ4n) is 3.70. The van der Waals surface area contributed by atoms with E-state index >= 15 is 0 Å². The number of amides is 2. The molecule has 2 aromatic rings. The van der Waals surface area contributed by atoms with E-state index in [1.165, 1.54) is 12.1 Å². The van der Waals surface area contributed by atoms with Crippen LogP contribution in [0.25, 0.3) is 0 Å². The minimum Gasteiger partial charge on any atom is -0.348 e. The molecular weight excluding hydrogens is 349 g/mol. The van der Waals surface area contributed by atoms with Crippen molar-refractivity contribution in [3.05, 3.63) is 52.6 Å². The maximum Gasteiger partial charge on any atom is 0.272 e. The molecule has 4 rings (SSSR count). The van der Waals surface area contributed by atoms with Crippen LogP contribution in [0.1, 0.15) is 44.9 Å². The molecule has 8 heteroatoms. The largest absolute Gasteiger partial charge is 0.348 e. The summed E-state index contributed by atoms with van der Waals surface area (Å²) in [6.07, 6.45) is 2.11. The summed E-state index contributed by atoms with van der Waals surface area (Å²) in [5.41, 5.74) is 2.49. The van der Waals surface area contributed by atoms with E-state index in [2.05, 4.69) is 20.8 Å². The highest BCUT2D eigenvalue weighted by Gasteiger charge is 2.28. The van der Waals surface area contributed by atoms with Crippen molar-refractivity contribution in [3.63, 3.8) is 0 Å². The highest BCUT2D eigenvalue weighted by atomic mass is 19.1. The zero-order chi connectivity index (χ0) is 18.8. The first-order valence-corrected chi connectivity index (χ1v) is 9.25. The summed E-state index contributed by atoms with van der Waals surface area (Å²) in [4.78, 5) is 26.7. The Morgan fingerprint density at radius 1 is 1.22 bits per heavy atom. The predicted molar refractivity (Wildman–Crippen MR) is 96.8 cm³/mol. The molecule has 7 nitrogen and oxygen atoms in total. The Bertz CT molecular complexity index is 858. The fraction of sp³-hybridized carbons (Fsp3) is 0.421. The van der Waals surface area contributed by atoms with Crippen molar-refractivity contribution in [3.8, 4) is 0 Å². The van der Waals surface area contributed by atoms with Crippen molar-refractivity contribution in [2.45, 2.75) is 31.8 Å². The van der Waals surface area contributed by atoms with Gasteiger partial charge in [-0.2, -0.15) is 5.10 Å². The molecule has 1 aromatic carbocycles. The third kappa shape index (κ3) is 3.57. The van der Waals surface area contributed by atoms with Gasteiger partial charge >= 0.3 is 0 Å². The summed E-state index contributed by atoms with van der Waals surface area (Å²) < 4.78 is 13.8. The molecule has 0 atom stereocenters. The summed E-state index contributed by atoms with van der Waals surface area (Å²) in [6.45, 7) is 2.49. The monoisotopic (exact) mass is 371 g/mol. The van der Waals surface area contributed by atoms with Crippen LogP contribution in [0.5, 0.6) is 0 Å². The molecule has 142 valence electrons. The van der Waals surface area contributed by atoms with E-state index < -0.39 is 5.82 Å². The highest BCUT2D eigenvalue weighted by Crippen LogP contribution is 2.18. The zero-order valence-electron chi connectivity index (χ0n) is 14.9. The van der Waals surface area contributed by atoms with E-state index in [9.17, 15) is 14.0 Å². The summed E-state index contributed by atoms with van der Waals surface area (Å²) in [7, 11) is 0. The number of rotatable bonds is 3. The number of piperidine rings is 1. The summed E-state index contributed by atoms with van der Waals surface area (Å²) in [6, 6.07) is 5.99. The Kier molecular flexibility index (Phi) is 4.89. The molecule has 0 radical (unpaired) electrons. The number of H-pyrrole nitrogens is 1. The number of halogens is 1. The average Bonchev–Trinajstić information content (AvgIpc) is 3.13. The van der Waals surface area contributed by atoms with Crippen LogP contribution in [-0.2, 0) is 13.0 Å². The SMILES string of the molecule is O=C(NC1CCN(C(=O)c2ccccc2F)CC1)c1n[nH]c2c1CNCC2. The van der Waals surface area contributed by atoms with E-state index in [1.54, 1.807) is 17.0 Å². The van der Waals surface area contributed by atoms with Gasteiger partial charge in [-0.05, 0) is 25.0 Å². The number of hydrogen-bond acceptors (Lipinski definition) is 4. The van der Waals surface area contributed by atoms with E-state index in [0.717, 1.165) is 24.2 Å². The van der Waals surface area contributed by atoms with Crippen LogP contribution in [0.4, 0.5) is 4.39 Å². The van der Waals surface area contributed by atoms with Gasteiger partial charge in [0, 0.05) is 49.9 Å². The minimum absolute atomic E-state index is 0.0222. The third-order valence-corrected chi connectivity index (χ3v) is 5.24. The van der Waals surface area contributed by atoms with Crippen LogP contribution >= 0.6 is 0 Å². The van der Waals surface area contributed by atoms with Crippen molar-refractivity contribution in [1.29, 1.82) is 0 Å². The lowest BCUT2D eigenvalue weighted by Crippen LogP contribution is -2.47. The number of likely N-dealkylation sites (tertiary alicyclic amines) is 1. The van der Waals surface area contributed by atoms with Crippen molar-refractivity contribution in [1.82, 2.24) is 25.7 Å². The lowest BCUT2D eigenvalue weighted by molar-refractivity contribution is 0.0693. The Labute approximate surface area is 156 Å². The van der Waals surface area contributed by atoms with Crippen LogP contribution in [-0.4, -0.2) is 52.6 Å². The second kappa shape index (κ2) is 7.48. The number of benzene rings is 1. The molecule has 2 aliphatic heterocycles. The molecule has 1 fully saturated rings.